The van der Waals surface area contributed by atoms with Crippen LogP contribution < -0.4 is 0 Å². The lowest BCUT2D eigenvalue weighted by Crippen LogP contribution is -2.08. The Balaban J connectivity index is 3.89. The van der Waals surface area contributed by atoms with Gasteiger partial charge < -0.3 is 0 Å². The van der Waals surface area contributed by atoms with Gasteiger partial charge in [0.2, 0.25) is 0 Å². The summed E-state index contributed by atoms with van der Waals surface area (Å²) in [6.45, 7) is 7.34. The third kappa shape index (κ3) is 6.68. The molecule has 5 heteroatoms. The molecule has 0 fully saturated rings. The van der Waals surface area contributed by atoms with Crippen molar-refractivity contribution in [3.8, 4) is 0 Å². The number of rotatable bonds is 9. The number of hydrogen-bond acceptors (Lipinski definition) is 4. The van der Waals surface area contributed by atoms with E-state index in [9.17, 15) is 4.89 Å². The monoisotopic (exact) mass is 225 g/mol. The van der Waals surface area contributed by atoms with Crippen molar-refractivity contribution in [1.82, 2.24) is 0 Å². The average Bonchev–Trinajstić information content (AvgIpc) is 2.21. The van der Waals surface area contributed by atoms with E-state index in [4.69, 9.17) is 13.6 Å². The van der Waals surface area contributed by atoms with Gasteiger partial charge in [-0.15, -0.1) is 0 Å². The Labute approximate surface area is 87.2 Å². The minimum Gasteiger partial charge on any atom is -0.168 e. The van der Waals surface area contributed by atoms with Crippen LogP contribution in [0.2, 0.25) is 0 Å². The molecule has 0 aromatic carbocycles. The van der Waals surface area contributed by atoms with Crippen LogP contribution in [0.25, 0.3) is 0 Å². The molecule has 0 radical (unpaired) electrons. The van der Waals surface area contributed by atoms with Crippen LogP contribution in [0, 0.1) is 0 Å². The largest absolute Gasteiger partial charge is 0.572 e. The van der Waals surface area contributed by atoms with Crippen LogP contribution in [0.4, 0.5) is 0 Å². The minimum atomic E-state index is -3.02. The Morgan fingerprint density at radius 2 is 1.07 bits per heavy atom. The van der Waals surface area contributed by atoms with E-state index in [1.165, 1.54) is 0 Å². The molecule has 4 nitrogen and oxygen atoms in total. The summed E-state index contributed by atoms with van der Waals surface area (Å²) in [6.07, 6.45) is 2.52. The van der Waals surface area contributed by atoms with Crippen LogP contribution in [0.1, 0.15) is 40.0 Å². The van der Waals surface area contributed by atoms with Gasteiger partial charge in [-0.25, -0.2) is 0 Å². The van der Waals surface area contributed by atoms with Gasteiger partial charge in [-0.3, -0.25) is 0 Å². The Hall–Kier alpha value is 0.270. The summed E-state index contributed by atoms with van der Waals surface area (Å²) in [5, 5.41) is 0. The highest BCUT2D eigenvalue weighted by Gasteiger charge is 2.43. The lowest BCUT2D eigenvalue weighted by atomic mass is 10.5. The Bertz CT molecular complexity index is 110. The first-order chi connectivity index (χ1) is 6.68. The van der Waals surface area contributed by atoms with E-state index in [2.05, 4.69) is 0 Å². The number of hydrogen-bond donors (Lipinski definition) is 1. The van der Waals surface area contributed by atoms with Crippen molar-refractivity contribution in [3.05, 3.63) is 0 Å². The summed E-state index contributed by atoms with van der Waals surface area (Å²) < 4.78 is 15.6. The van der Waals surface area contributed by atoms with Gasteiger partial charge in [0.05, 0.1) is 19.8 Å². The maximum Gasteiger partial charge on any atom is 0.572 e. The summed E-state index contributed by atoms with van der Waals surface area (Å²) in [7, 11) is -3.02. The first-order valence-corrected chi connectivity index (χ1v) is 6.73. The molecule has 0 atom stereocenters. The van der Waals surface area contributed by atoms with Crippen molar-refractivity contribution in [1.29, 1.82) is 0 Å². The Kier molecular flexibility index (Phi) is 8.73. The highest BCUT2D eigenvalue weighted by molar-refractivity contribution is 7.55. The van der Waals surface area contributed by atoms with E-state index in [1.807, 2.05) is 20.8 Å². The summed E-state index contributed by atoms with van der Waals surface area (Å²) in [5.74, 6) is 0. The molecule has 0 amide bonds. The molecule has 0 aliphatic rings. The molecule has 0 heterocycles. The van der Waals surface area contributed by atoms with Gasteiger partial charge in [0.25, 0.3) is 0 Å². The quantitative estimate of drug-likeness (QED) is 0.613. The van der Waals surface area contributed by atoms with E-state index in [0.717, 1.165) is 19.3 Å². The maximum absolute atomic E-state index is 9.85. The molecule has 0 unspecified atom stereocenters. The van der Waals surface area contributed by atoms with Gasteiger partial charge in [0.15, 0.2) is 0 Å². The smallest absolute Gasteiger partial charge is 0.168 e. The van der Waals surface area contributed by atoms with Crippen molar-refractivity contribution in [3.63, 3.8) is 0 Å². The SMILES string of the molecule is CCCO[P+](O)(OCCC)OCCC. The van der Waals surface area contributed by atoms with E-state index in [0.29, 0.717) is 19.8 Å². The molecule has 0 aliphatic carbocycles. The Morgan fingerprint density at radius 3 is 1.29 bits per heavy atom. The first kappa shape index (κ1) is 14.3. The molecule has 0 saturated carbocycles. The van der Waals surface area contributed by atoms with Crippen LogP contribution >= 0.6 is 8.17 Å². The lowest BCUT2D eigenvalue weighted by molar-refractivity contribution is 0.0813. The molecule has 1 N–H and O–H groups in total. The summed E-state index contributed by atoms with van der Waals surface area (Å²) in [5.41, 5.74) is 0. The highest BCUT2D eigenvalue weighted by Crippen LogP contribution is 2.58. The van der Waals surface area contributed by atoms with Crippen molar-refractivity contribution in [2.45, 2.75) is 40.0 Å². The maximum atomic E-state index is 9.85. The van der Waals surface area contributed by atoms with E-state index < -0.39 is 8.17 Å². The van der Waals surface area contributed by atoms with E-state index >= 15 is 0 Å². The van der Waals surface area contributed by atoms with Crippen LogP contribution in [0.15, 0.2) is 0 Å². The second-order valence-electron chi connectivity index (χ2n) is 2.97. The van der Waals surface area contributed by atoms with Gasteiger partial charge in [-0.2, -0.15) is 18.5 Å². The van der Waals surface area contributed by atoms with Crippen LogP contribution in [0.5, 0.6) is 0 Å². The fourth-order valence-corrected chi connectivity index (χ4v) is 2.20. The second-order valence-corrected chi connectivity index (χ2v) is 4.68. The van der Waals surface area contributed by atoms with Gasteiger partial charge in [0.1, 0.15) is 0 Å². The van der Waals surface area contributed by atoms with Crippen molar-refractivity contribution in [2.24, 2.45) is 0 Å². The summed E-state index contributed by atoms with van der Waals surface area (Å²) >= 11 is 0. The predicted octanol–water partition coefficient (Wildman–Crippen LogP) is 2.94. The van der Waals surface area contributed by atoms with Crippen LogP contribution in [0.3, 0.4) is 0 Å². The van der Waals surface area contributed by atoms with Crippen molar-refractivity contribution in [2.75, 3.05) is 19.8 Å². The van der Waals surface area contributed by atoms with Gasteiger partial charge in [0, 0.05) is 0 Å². The normalized spacial score (nSPS) is 12.0. The zero-order chi connectivity index (χ0) is 10.9. The van der Waals surface area contributed by atoms with E-state index in [1.54, 1.807) is 0 Å². The Morgan fingerprint density at radius 1 is 0.786 bits per heavy atom. The summed E-state index contributed by atoms with van der Waals surface area (Å²) in [6, 6.07) is 0. The van der Waals surface area contributed by atoms with Crippen molar-refractivity contribution >= 4 is 8.17 Å². The molecule has 86 valence electrons. The van der Waals surface area contributed by atoms with Crippen molar-refractivity contribution < 1.29 is 18.5 Å². The van der Waals surface area contributed by atoms with Crippen LogP contribution in [-0.2, 0) is 13.6 Å². The minimum absolute atomic E-state index is 0.470. The molecular weight excluding hydrogens is 203 g/mol. The standard InChI is InChI=1S/C9H22O4P/c1-4-7-11-14(10,12-8-5-2)13-9-6-3/h10H,4-9H2,1-3H3/q+1. The lowest BCUT2D eigenvalue weighted by Gasteiger charge is -2.13. The van der Waals surface area contributed by atoms with Gasteiger partial charge >= 0.3 is 8.17 Å². The molecular formula is C9H22O4P+. The second kappa shape index (κ2) is 8.57. The fourth-order valence-electron chi connectivity index (χ4n) is 0.732. The van der Waals surface area contributed by atoms with Crippen LogP contribution in [-0.4, -0.2) is 24.7 Å². The van der Waals surface area contributed by atoms with E-state index in [-0.39, 0.29) is 0 Å². The average molecular weight is 225 g/mol. The third-order valence-corrected chi connectivity index (χ3v) is 2.90. The highest BCUT2D eigenvalue weighted by atomic mass is 31.2. The zero-order valence-electron chi connectivity index (χ0n) is 9.36. The third-order valence-electron chi connectivity index (χ3n) is 1.38. The van der Waals surface area contributed by atoms with Gasteiger partial charge in [-0.05, 0) is 19.3 Å². The molecule has 0 aromatic heterocycles. The first-order valence-electron chi connectivity index (χ1n) is 5.24. The molecule has 0 bridgehead atoms. The molecule has 0 saturated heterocycles. The van der Waals surface area contributed by atoms with Gasteiger partial charge in [-0.1, -0.05) is 20.8 Å². The predicted molar refractivity (Wildman–Crippen MR) is 57.9 cm³/mol. The molecule has 0 aromatic rings. The molecule has 0 rings (SSSR count). The zero-order valence-corrected chi connectivity index (χ0v) is 10.3. The topological polar surface area (TPSA) is 47.9 Å². The molecule has 14 heavy (non-hydrogen) atoms. The molecule has 0 spiro atoms. The summed E-state index contributed by atoms with van der Waals surface area (Å²) in [4.78, 5) is 9.85. The fraction of sp³-hybridized carbons (Fsp3) is 1.00. The molecule has 0 aliphatic heterocycles.